The van der Waals surface area contributed by atoms with Crippen molar-refractivity contribution in [3.63, 3.8) is 0 Å². The largest absolute Gasteiger partial charge is 0.488 e. The van der Waals surface area contributed by atoms with Crippen molar-refractivity contribution in [1.29, 1.82) is 0 Å². The van der Waals surface area contributed by atoms with Gasteiger partial charge >= 0.3 is 35.8 Å². The van der Waals surface area contributed by atoms with Gasteiger partial charge in [0.2, 0.25) is 0 Å². The molecule has 2 nitrogen and oxygen atoms in total. The molecule has 35 heavy (non-hydrogen) atoms. The van der Waals surface area contributed by atoms with Crippen LogP contribution in [0.15, 0.2) is 24.3 Å². The summed E-state index contributed by atoms with van der Waals surface area (Å²) >= 11 is 0. The lowest BCUT2D eigenvalue weighted by atomic mass is 9.84. The first-order chi connectivity index (χ1) is 15.2. The Hall–Kier alpha value is -1.93. The molecule has 1 atom stereocenters. The highest BCUT2D eigenvalue weighted by Crippen LogP contribution is 2.61. The van der Waals surface area contributed by atoms with Crippen LogP contribution >= 0.6 is 0 Å². The van der Waals surface area contributed by atoms with Gasteiger partial charge in [-0.3, -0.25) is 0 Å². The Bertz CT molecular complexity index is 870. The lowest BCUT2D eigenvalue weighted by molar-refractivity contribution is -0.441. The van der Waals surface area contributed by atoms with E-state index in [-0.39, 0.29) is 11.3 Å². The Morgan fingerprint density at radius 3 is 1.34 bits per heavy atom. The fourth-order valence-corrected chi connectivity index (χ4v) is 2.86. The summed E-state index contributed by atoms with van der Waals surface area (Å²) in [6, 6.07) is 4.29. The molecule has 1 unspecified atom stereocenters. The van der Waals surface area contributed by atoms with Gasteiger partial charge in [-0.05, 0) is 45.4 Å². The third kappa shape index (κ3) is 5.43. The standard InChI is InChI=1S/C20H21F13O2/c1-13(2,3)35-12-8-6-11(7-9-12)14(4,34-5)10-15(21,22)16(23,24)17(25,26)18(27,28)19(29,30)20(31,32)33/h6-9H,10H2,1-5H3. The monoisotopic (exact) mass is 540 g/mol. The second kappa shape index (κ2) is 8.87. The number of alkyl halides is 13. The molecule has 0 N–H and O–H groups in total. The Morgan fingerprint density at radius 2 is 1.00 bits per heavy atom. The second-order valence-corrected chi connectivity index (χ2v) is 8.85. The van der Waals surface area contributed by atoms with E-state index in [1.54, 1.807) is 20.8 Å². The molecule has 0 bridgehead atoms. The first-order valence-electron chi connectivity index (χ1n) is 9.51. The lowest BCUT2D eigenvalue weighted by Crippen LogP contribution is -2.70. The normalized spacial score (nSPS) is 16.7. The van der Waals surface area contributed by atoms with Crippen LogP contribution in [0.2, 0.25) is 0 Å². The summed E-state index contributed by atoms with van der Waals surface area (Å²) in [5, 5.41) is 0. The fraction of sp³-hybridized carbons (Fsp3) is 0.700. The number of methoxy groups -OCH3 is 1. The molecular formula is C20H21F13O2. The SMILES string of the molecule is COC(C)(CC(F)(F)C(F)(F)C(F)(F)C(F)(F)C(F)(F)C(F)(F)F)c1ccc(OC(C)(C)C)cc1. The van der Waals surface area contributed by atoms with Gasteiger partial charge in [-0.25, -0.2) is 0 Å². The van der Waals surface area contributed by atoms with E-state index < -0.39 is 53.4 Å². The van der Waals surface area contributed by atoms with Crippen molar-refractivity contribution < 1.29 is 66.5 Å². The van der Waals surface area contributed by atoms with Crippen LogP contribution in [-0.4, -0.2) is 48.5 Å². The summed E-state index contributed by atoms with van der Waals surface area (Å²) in [6.07, 6.45) is -9.96. The third-order valence-electron chi connectivity index (χ3n) is 4.90. The Balaban J connectivity index is 3.44. The van der Waals surface area contributed by atoms with Crippen molar-refractivity contribution in [2.24, 2.45) is 0 Å². The van der Waals surface area contributed by atoms with E-state index in [4.69, 9.17) is 9.47 Å². The molecule has 0 amide bonds. The number of benzene rings is 1. The highest BCUT2D eigenvalue weighted by Gasteiger charge is 2.90. The Morgan fingerprint density at radius 1 is 0.600 bits per heavy atom. The average Bonchev–Trinajstić information content (AvgIpc) is 2.65. The van der Waals surface area contributed by atoms with Crippen molar-refractivity contribution in [3.05, 3.63) is 29.8 Å². The molecule has 1 rings (SSSR count). The van der Waals surface area contributed by atoms with E-state index in [0.717, 1.165) is 24.3 Å². The van der Waals surface area contributed by atoms with E-state index in [1.807, 2.05) is 0 Å². The maximum atomic E-state index is 14.4. The Labute approximate surface area is 191 Å². The molecule has 0 aliphatic carbocycles. The maximum absolute atomic E-state index is 14.4. The van der Waals surface area contributed by atoms with Crippen LogP contribution < -0.4 is 4.74 Å². The second-order valence-electron chi connectivity index (χ2n) is 8.85. The van der Waals surface area contributed by atoms with Crippen LogP contribution in [-0.2, 0) is 10.3 Å². The molecule has 15 heteroatoms. The molecule has 0 radical (unpaired) electrons. The molecule has 0 aliphatic rings. The zero-order chi connectivity index (χ0) is 28.1. The van der Waals surface area contributed by atoms with Gasteiger partial charge in [-0.2, -0.15) is 57.1 Å². The van der Waals surface area contributed by atoms with Gasteiger partial charge < -0.3 is 9.47 Å². The van der Waals surface area contributed by atoms with Crippen LogP contribution in [0.5, 0.6) is 5.75 Å². The van der Waals surface area contributed by atoms with E-state index in [9.17, 15) is 57.1 Å². The quantitative estimate of drug-likeness (QED) is 0.297. The van der Waals surface area contributed by atoms with Gasteiger partial charge in [0.15, 0.2) is 0 Å². The first kappa shape index (κ1) is 31.1. The van der Waals surface area contributed by atoms with Gasteiger partial charge in [0.25, 0.3) is 0 Å². The molecule has 0 saturated heterocycles. The number of halogens is 13. The van der Waals surface area contributed by atoms with Crippen LogP contribution in [0.4, 0.5) is 57.1 Å². The van der Waals surface area contributed by atoms with Crippen LogP contribution in [0, 0.1) is 0 Å². The highest BCUT2D eigenvalue weighted by molar-refractivity contribution is 5.31. The van der Waals surface area contributed by atoms with Crippen molar-refractivity contribution >= 4 is 0 Å². The smallest absolute Gasteiger partial charge is 0.460 e. The number of rotatable bonds is 9. The van der Waals surface area contributed by atoms with Gasteiger partial charge in [-0.1, -0.05) is 12.1 Å². The van der Waals surface area contributed by atoms with Gasteiger partial charge in [0.1, 0.15) is 11.4 Å². The zero-order valence-electron chi connectivity index (χ0n) is 18.7. The summed E-state index contributed by atoms with van der Waals surface area (Å²) in [7, 11) is 0.665. The van der Waals surface area contributed by atoms with Crippen LogP contribution in [0.25, 0.3) is 0 Å². The molecule has 0 heterocycles. The summed E-state index contributed by atoms with van der Waals surface area (Å²) in [6.45, 7) is 5.58. The molecular weight excluding hydrogens is 519 g/mol. The summed E-state index contributed by atoms with van der Waals surface area (Å²) in [5.74, 6) is -37.1. The molecule has 0 aliphatic heterocycles. The maximum Gasteiger partial charge on any atom is 0.460 e. The number of ether oxygens (including phenoxy) is 2. The predicted molar refractivity (Wildman–Crippen MR) is 96.6 cm³/mol. The minimum Gasteiger partial charge on any atom is -0.488 e. The van der Waals surface area contributed by atoms with Crippen molar-refractivity contribution in [1.82, 2.24) is 0 Å². The molecule has 0 saturated carbocycles. The number of hydrogen-bond donors (Lipinski definition) is 0. The van der Waals surface area contributed by atoms with Gasteiger partial charge in [0, 0.05) is 7.11 Å². The number of hydrogen-bond acceptors (Lipinski definition) is 2. The summed E-state index contributed by atoms with van der Waals surface area (Å²) < 4.78 is 184. The van der Waals surface area contributed by atoms with Crippen molar-refractivity contribution in [3.8, 4) is 5.75 Å². The summed E-state index contributed by atoms with van der Waals surface area (Å²) in [4.78, 5) is 0. The topological polar surface area (TPSA) is 18.5 Å². The van der Waals surface area contributed by atoms with Crippen LogP contribution in [0.1, 0.15) is 39.7 Å². The van der Waals surface area contributed by atoms with Crippen molar-refractivity contribution in [2.45, 2.75) is 81.1 Å². The van der Waals surface area contributed by atoms with E-state index in [0.29, 0.717) is 14.0 Å². The average molecular weight is 540 g/mol. The van der Waals surface area contributed by atoms with Crippen molar-refractivity contribution in [2.75, 3.05) is 7.11 Å². The first-order valence-corrected chi connectivity index (χ1v) is 9.51. The van der Waals surface area contributed by atoms with E-state index in [1.165, 1.54) is 0 Å². The van der Waals surface area contributed by atoms with E-state index in [2.05, 4.69) is 0 Å². The van der Waals surface area contributed by atoms with Gasteiger partial charge in [0.05, 0.1) is 12.0 Å². The van der Waals surface area contributed by atoms with E-state index >= 15 is 0 Å². The zero-order valence-corrected chi connectivity index (χ0v) is 18.7. The third-order valence-corrected chi connectivity index (χ3v) is 4.90. The van der Waals surface area contributed by atoms with Gasteiger partial charge in [-0.15, -0.1) is 0 Å². The summed E-state index contributed by atoms with van der Waals surface area (Å²) in [5.41, 5.74) is -3.73. The van der Waals surface area contributed by atoms with Crippen LogP contribution in [0.3, 0.4) is 0 Å². The Kier molecular flexibility index (Phi) is 7.88. The molecule has 0 spiro atoms. The molecule has 1 aromatic carbocycles. The molecule has 0 fully saturated rings. The minimum absolute atomic E-state index is 0.150. The predicted octanol–water partition coefficient (Wildman–Crippen LogP) is 7.85. The lowest BCUT2D eigenvalue weighted by Gasteiger charge is -2.42. The fourth-order valence-electron chi connectivity index (χ4n) is 2.86. The molecule has 0 aromatic heterocycles. The molecule has 1 aromatic rings. The minimum atomic E-state index is -7.94. The highest BCUT2D eigenvalue weighted by atomic mass is 19.4. The molecule has 204 valence electrons.